The van der Waals surface area contributed by atoms with Gasteiger partial charge in [-0.25, -0.2) is 0 Å². The van der Waals surface area contributed by atoms with E-state index in [0.29, 0.717) is 25.7 Å². The highest BCUT2D eigenvalue weighted by Crippen LogP contribution is 2.34. The number of aliphatic hydroxyl groups excluding tert-OH is 1. The molecule has 5 nitrogen and oxygen atoms in total. The summed E-state index contributed by atoms with van der Waals surface area (Å²) >= 11 is 0. The van der Waals surface area contributed by atoms with Crippen LogP contribution < -0.4 is 0 Å². The molecule has 1 aliphatic rings. The predicted molar refractivity (Wildman–Crippen MR) is 106 cm³/mol. The molecule has 1 saturated carbocycles. The lowest BCUT2D eigenvalue weighted by molar-refractivity contribution is -0.137. The van der Waals surface area contributed by atoms with Crippen LogP contribution in [0.15, 0.2) is 36.5 Å². The van der Waals surface area contributed by atoms with Gasteiger partial charge in [0.05, 0.1) is 11.7 Å². The Morgan fingerprint density at radius 3 is 2.63 bits per heavy atom. The van der Waals surface area contributed by atoms with Gasteiger partial charge >= 0.3 is 5.97 Å². The maximum atomic E-state index is 12.2. The normalized spacial score (nSPS) is 25.3. The van der Waals surface area contributed by atoms with E-state index in [1.165, 1.54) is 0 Å². The molecule has 1 aliphatic carbocycles. The molecule has 3 N–H and O–H groups in total. The van der Waals surface area contributed by atoms with Crippen LogP contribution in [0.1, 0.15) is 65.2 Å². The second-order valence-corrected chi connectivity index (χ2v) is 7.67. The summed E-state index contributed by atoms with van der Waals surface area (Å²) in [5.41, 5.74) is -0.196. The van der Waals surface area contributed by atoms with Gasteiger partial charge in [-0.05, 0) is 44.6 Å². The van der Waals surface area contributed by atoms with Crippen LogP contribution in [0.25, 0.3) is 0 Å². The molecule has 0 radical (unpaired) electrons. The first kappa shape index (κ1) is 23.3. The van der Waals surface area contributed by atoms with Crippen LogP contribution in [-0.4, -0.2) is 38.8 Å². The summed E-state index contributed by atoms with van der Waals surface area (Å²) in [5.74, 6) is -1.28. The third-order valence-corrected chi connectivity index (χ3v) is 5.24. The topological polar surface area (TPSA) is 94.8 Å². The second kappa shape index (κ2) is 11.2. The first-order valence-corrected chi connectivity index (χ1v) is 9.84. The van der Waals surface area contributed by atoms with Gasteiger partial charge in [-0.3, -0.25) is 9.59 Å². The number of carboxylic acid groups (broad SMARTS) is 1. The highest BCUT2D eigenvalue weighted by molar-refractivity contribution is 5.84. The molecule has 0 heterocycles. The van der Waals surface area contributed by atoms with Gasteiger partial charge in [-0.15, -0.1) is 0 Å². The minimum Gasteiger partial charge on any atom is -0.481 e. The molecule has 0 saturated heterocycles. The molecule has 0 amide bonds. The lowest BCUT2D eigenvalue weighted by Crippen LogP contribution is -2.26. The quantitative estimate of drug-likeness (QED) is 0.355. The molecule has 0 aliphatic heterocycles. The highest BCUT2D eigenvalue weighted by atomic mass is 16.4. The van der Waals surface area contributed by atoms with Crippen molar-refractivity contribution in [2.24, 2.45) is 11.8 Å². The van der Waals surface area contributed by atoms with Crippen molar-refractivity contribution in [3.8, 4) is 0 Å². The SMILES string of the molecule is C=C(CCC)C(C)(O)C/C=C/[C@H]1[C@H](O)CC(=O)[C@@H]1C/C=C\CCCC(=O)O. The molecule has 0 bridgehead atoms. The van der Waals surface area contributed by atoms with Crippen molar-refractivity contribution >= 4 is 11.8 Å². The number of allylic oxidation sites excluding steroid dienone is 2. The van der Waals surface area contributed by atoms with Crippen LogP contribution in [0.4, 0.5) is 0 Å². The van der Waals surface area contributed by atoms with E-state index < -0.39 is 17.7 Å². The van der Waals surface area contributed by atoms with Gasteiger partial charge in [0, 0.05) is 24.7 Å². The number of Topliss-reactive ketones (excluding diaryl/α,β-unsaturated/α-hetero) is 1. The van der Waals surface area contributed by atoms with E-state index in [1.807, 2.05) is 31.2 Å². The third-order valence-electron chi connectivity index (χ3n) is 5.24. The minimum atomic E-state index is -0.986. The molecular formula is C22H34O5. The fourth-order valence-corrected chi connectivity index (χ4v) is 3.43. The molecule has 4 atom stereocenters. The van der Waals surface area contributed by atoms with Crippen molar-refractivity contribution < 1.29 is 24.9 Å². The summed E-state index contributed by atoms with van der Waals surface area (Å²) in [7, 11) is 0. The number of rotatable bonds is 12. The molecule has 0 aromatic rings. The first-order valence-electron chi connectivity index (χ1n) is 9.84. The number of carboxylic acids is 1. The third kappa shape index (κ3) is 7.81. The largest absolute Gasteiger partial charge is 0.481 e. The first-order chi connectivity index (χ1) is 12.7. The summed E-state index contributed by atoms with van der Waals surface area (Å²) in [6.07, 6.45) is 11.0. The second-order valence-electron chi connectivity index (χ2n) is 7.67. The molecule has 5 heteroatoms. The summed E-state index contributed by atoms with van der Waals surface area (Å²) in [4.78, 5) is 22.7. The van der Waals surface area contributed by atoms with Crippen LogP contribution in [0, 0.1) is 11.8 Å². The van der Waals surface area contributed by atoms with Crippen molar-refractivity contribution in [2.75, 3.05) is 0 Å². The van der Waals surface area contributed by atoms with Gasteiger partial charge in [0.25, 0.3) is 0 Å². The van der Waals surface area contributed by atoms with Gasteiger partial charge in [0.2, 0.25) is 0 Å². The smallest absolute Gasteiger partial charge is 0.303 e. The number of hydrogen-bond donors (Lipinski definition) is 3. The summed E-state index contributed by atoms with van der Waals surface area (Å²) < 4.78 is 0. The Morgan fingerprint density at radius 1 is 1.30 bits per heavy atom. The van der Waals surface area contributed by atoms with Gasteiger partial charge < -0.3 is 15.3 Å². The molecule has 0 aromatic carbocycles. The van der Waals surface area contributed by atoms with E-state index >= 15 is 0 Å². The number of carbonyl (C=O) groups is 2. The maximum absolute atomic E-state index is 12.2. The molecule has 27 heavy (non-hydrogen) atoms. The predicted octanol–water partition coefficient (Wildman–Crippen LogP) is 3.81. The molecule has 1 fully saturated rings. The standard InChI is InChI=1S/C22H34O5/c1-4-10-16(2)22(3,27)14-9-12-18-17(19(23)15-20(18)24)11-7-5-6-8-13-21(25)26/h5,7,9,12,17-18,20,24,27H,2,4,6,8,10-11,13-15H2,1,3H3,(H,25,26)/b7-5-,12-9+/t17-,18-,20-,22?/m1/s1. The Balaban J connectivity index is 2.60. The maximum Gasteiger partial charge on any atom is 0.303 e. The number of aliphatic hydroxyl groups is 2. The summed E-state index contributed by atoms with van der Waals surface area (Å²) in [6.45, 7) is 7.73. The zero-order valence-electron chi connectivity index (χ0n) is 16.6. The van der Waals surface area contributed by atoms with Crippen molar-refractivity contribution in [3.63, 3.8) is 0 Å². The van der Waals surface area contributed by atoms with Gasteiger partial charge in [-0.2, -0.15) is 0 Å². The molecule has 152 valence electrons. The van der Waals surface area contributed by atoms with E-state index in [4.69, 9.17) is 5.11 Å². The van der Waals surface area contributed by atoms with Crippen molar-refractivity contribution in [1.29, 1.82) is 0 Å². The lowest BCUT2D eigenvalue weighted by Gasteiger charge is -2.25. The number of hydrogen-bond acceptors (Lipinski definition) is 4. The average molecular weight is 379 g/mol. The van der Waals surface area contributed by atoms with Crippen molar-refractivity contribution in [3.05, 3.63) is 36.5 Å². The number of aliphatic carboxylic acids is 1. The molecule has 1 rings (SSSR count). The van der Waals surface area contributed by atoms with Crippen LogP contribution in [0.2, 0.25) is 0 Å². The number of unbranched alkanes of at least 4 members (excludes halogenated alkanes) is 1. The van der Waals surface area contributed by atoms with Crippen LogP contribution in [0.5, 0.6) is 0 Å². The average Bonchev–Trinajstić information content (AvgIpc) is 2.84. The van der Waals surface area contributed by atoms with E-state index in [0.717, 1.165) is 18.4 Å². The van der Waals surface area contributed by atoms with E-state index in [1.54, 1.807) is 6.92 Å². The summed E-state index contributed by atoms with van der Waals surface area (Å²) in [5, 5.41) is 29.3. The summed E-state index contributed by atoms with van der Waals surface area (Å²) in [6, 6.07) is 0. The molecular weight excluding hydrogens is 344 g/mol. The monoisotopic (exact) mass is 378 g/mol. The van der Waals surface area contributed by atoms with E-state index in [2.05, 4.69) is 6.58 Å². The lowest BCUT2D eigenvalue weighted by atomic mass is 9.87. The highest BCUT2D eigenvalue weighted by Gasteiger charge is 2.39. The number of carbonyl (C=O) groups excluding carboxylic acids is 1. The zero-order valence-corrected chi connectivity index (χ0v) is 16.6. The minimum absolute atomic E-state index is 0.0505. The zero-order chi connectivity index (χ0) is 20.4. The van der Waals surface area contributed by atoms with E-state index in [9.17, 15) is 19.8 Å². The fourth-order valence-electron chi connectivity index (χ4n) is 3.43. The number of ketones is 1. The van der Waals surface area contributed by atoms with E-state index in [-0.39, 0.29) is 30.5 Å². The van der Waals surface area contributed by atoms with Crippen LogP contribution >= 0.6 is 0 Å². The Morgan fingerprint density at radius 2 is 2.00 bits per heavy atom. The Bertz CT molecular complexity index is 573. The van der Waals surface area contributed by atoms with Gasteiger partial charge in [-0.1, -0.05) is 44.2 Å². The Kier molecular flexibility index (Phi) is 9.67. The van der Waals surface area contributed by atoms with Crippen molar-refractivity contribution in [2.45, 2.75) is 76.9 Å². The van der Waals surface area contributed by atoms with Gasteiger partial charge in [0.1, 0.15) is 5.78 Å². The van der Waals surface area contributed by atoms with Crippen LogP contribution in [-0.2, 0) is 9.59 Å². The van der Waals surface area contributed by atoms with Crippen molar-refractivity contribution in [1.82, 2.24) is 0 Å². The molecule has 0 aromatic heterocycles. The fraction of sp³-hybridized carbons (Fsp3) is 0.636. The molecule has 1 unspecified atom stereocenters. The molecule has 0 spiro atoms. The van der Waals surface area contributed by atoms with Crippen LogP contribution in [0.3, 0.4) is 0 Å². The Hall–Kier alpha value is -1.72. The van der Waals surface area contributed by atoms with Gasteiger partial charge in [0.15, 0.2) is 0 Å². The Labute approximate surface area is 162 Å².